The molecule has 0 aliphatic rings. The molecule has 0 aliphatic carbocycles. The minimum absolute atomic E-state index is 0.0735. The molecule has 0 amide bonds. The SMILES string of the molecule is COc1c(-c2c(C)nnn2C)cccc1[N+](=O)[O-]. The molecule has 2 aromatic rings. The number of hydrogen-bond acceptors (Lipinski definition) is 5. The third-order valence-corrected chi connectivity index (χ3v) is 2.65. The van der Waals surface area contributed by atoms with Crippen molar-refractivity contribution < 1.29 is 9.66 Å². The van der Waals surface area contributed by atoms with Crippen molar-refractivity contribution in [3.63, 3.8) is 0 Å². The first kappa shape index (κ1) is 12.0. The standard InChI is InChI=1S/C11H12N4O3/c1-7-10(14(2)13-12-7)8-5-4-6-9(15(16)17)11(8)18-3/h4-6H,1-3H3. The molecule has 7 heteroatoms. The van der Waals surface area contributed by atoms with Crippen molar-refractivity contribution in [2.24, 2.45) is 7.05 Å². The van der Waals surface area contributed by atoms with Crippen molar-refractivity contribution >= 4 is 5.69 Å². The van der Waals surface area contributed by atoms with Crippen molar-refractivity contribution in [1.82, 2.24) is 15.0 Å². The minimum atomic E-state index is -0.471. The van der Waals surface area contributed by atoms with E-state index < -0.39 is 4.92 Å². The molecule has 0 N–H and O–H groups in total. The molecule has 18 heavy (non-hydrogen) atoms. The molecular formula is C11H12N4O3. The molecule has 1 aromatic carbocycles. The van der Waals surface area contributed by atoms with E-state index in [0.29, 0.717) is 17.0 Å². The average Bonchev–Trinajstić information content (AvgIpc) is 2.68. The van der Waals surface area contributed by atoms with Gasteiger partial charge in [0, 0.05) is 13.1 Å². The molecule has 0 fully saturated rings. The topological polar surface area (TPSA) is 83.1 Å². The summed E-state index contributed by atoms with van der Waals surface area (Å²) in [5.74, 6) is 0.219. The highest BCUT2D eigenvalue weighted by Crippen LogP contribution is 2.37. The van der Waals surface area contributed by atoms with Crippen molar-refractivity contribution in [2.75, 3.05) is 7.11 Å². The maximum Gasteiger partial charge on any atom is 0.311 e. The van der Waals surface area contributed by atoms with E-state index >= 15 is 0 Å². The van der Waals surface area contributed by atoms with Crippen molar-refractivity contribution in [3.05, 3.63) is 34.0 Å². The number of nitrogens with zero attached hydrogens (tertiary/aromatic N) is 4. The molecule has 0 unspecified atom stereocenters. The predicted octanol–water partition coefficient (Wildman–Crippen LogP) is 1.71. The summed E-state index contributed by atoms with van der Waals surface area (Å²) >= 11 is 0. The van der Waals surface area contributed by atoms with Gasteiger partial charge in [-0.2, -0.15) is 0 Å². The third-order valence-electron chi connectivity index (χ3n) is 2.65. The van der Waals surface area contributed by atoms with E-state index in [-0.39, 0.29) is 11.4 Å². The van der Waals surface area contributed by atoms with Crippen molar-refractivity contribution in [1.29, 1.82) is 0 Å². The van der Waals surface area contributed by atoms with Gasteiger partial charge in [-0.15, -0.1) is 5.10 Å². The highest BCUT2D eigenvalue weighted by atomic mass is 16.6. The second kappa shape index (κ2) is 4.44. The summed E-state index contributed by atoms with van der Waals surface area (Å²) in [6.07, 6.45) is 0. The average molecular weight is 248 g/mol. The number of ether oxygens (including phenoxy) is 1. The van der Waals surface area contributed by atoms with Crippen LogP contribution in [0.25, 0.3) is 11.3 Å². The summed E-state index contributed by atoms with van der Waals surface area (Å²) in [6, 6.07) is 4.77. The summed E-state index contributed by atoms with van der Waals surface area (Å²) in [6.45, 7) is 1.79. The second-order valence-corrected chi connectivity index (χ2v) is 3.76. The van der Waals surface area contributed by atoms with Gasteiger partial charge in [0.05, 0.1) is 29.0 Å². The zero-order chi connectivity index (χ0) is 13.3. The van der Waals surface area contributed by atoms with Crippen LogP contribution >= 0.6 is 0 Å². The summed E-state index contributed by atoms with van der Waals surface area (Å²) in [4.78, 5) is 10.5. The number of nitro groups is 1. The fourth-order valence-electron chi connectivity index (χ4n) is 1.90. The van der Waals surface area contributed by atoms with Gasteiger partial charge in [-0.3, -0.25) is 10.1 Å². The third kappa shape index (κ3) is 1.79. The number of nitro benzene ring substituents is 1. The smallest absolute Gasteiger partial charge is 0.311 e. The first-order valence-electron chi connectivity index (χ1n) is 5.24. The monoisotopic (exact) mass is 248 g/mol. The maximum atomic E-state index is 11.0. The first-order chi connectivity index (χ1) is 8.56. The summed E-state index contributed by atoms with van der Waals surface area (Å²) < 4.78 is 6.73. The van der Waals surface area contributed by atoms with E-state index in [9.17, 15) is 10.1 Å². The Labute approximate surface area is 103 Å². The Hall–Kier alpha value is -2.44. The van der Waals surface area contributed by atoms with Gasteiger partial charge in [0.15, 0.2) is 0 Å². The van der Waals surface area contributed by atoms with Gasteiger partial charge in [0.1, 0.15) is 0 Å². The molecule has 0 aliphatic heterocycles. The van der Waals surface area contributed by atoms with E-state index in [4.69, 9.17) is 4.74 Å². The summed E-state index contributed by atoms with van der Waals surface area (Å²) in [5, 5.41) is 18.8. The highest BCUT2D eigenvalue weighted by molar-refractivity contribution is 5.74. The van der Waals surface area contributed by atoms with E-state index in [1.54, 1.807) is 30.8 Å². The first-order valence-corrected chi connectivity index (χ1v) is 5.24. The van der Waals surface area contributed by atoms with Gasteiger partial charge in [-0.05, 0) is 13.0 Å². The van der Waals surface area contributed by atoms with Gasteiger partial charge < -0.3 is 4.74 Å². The molecule has 2 rings (SSSR count). The fourth-order valence-corrected chi connectivity index (χ4v) is 1.90. The van der Waals surface area contributed by atoms with Crippen LogP contribution in [0.3, 0.4) is 0 Å². The number of benzene rings is 1. The van der Waals surface area contributed by atoms with Gasteiger partial charge in [0.25, 0.3) is 0 Å². The number of aromatic nitrogens is 3. The van der Waals surface area contributed by atoms with Crippen LogP contribution in [0.2, 0.25) is 0 Å². The Morgan fingerprint density at radius 2 is 2.17 bits per heavy atom. The van der Waals surface area contributed by atoms with Crippen molar-refractivity contribution in [3.8, 4) is 17.0 Å². The molecule has 0 bridgehead atoms. The van der Waals surface area contributed by atoms with Crippen molar-refractivity contribution in [2.45, 2.75) is 6.92 Å². The minimum Gasteiger partial charge on any atom is -0.490 e. The predicted molar refractivity (Wildman–Crippen MR) is 64.4 cm³/mol. The zero-order valence-corrected chi connectivity index (χ0v) is 10.2. The Morgan fingerprint density at radius 1 is 1.44 bits per heavy atom. The van der Waals surface area contributed by atoms with Crippen LogP contribution in [0, 0.1) is 17.0 Å². The van der Waals surface area contributed by atoms with E-state index in [2.05, 4.69) is 10.3 Å². The van der Waals surface area contributed by atoms with Crippen LogP contribution < -0.4 is 4.74 Å². The maximum absolute atomic E-state index is 11.0. The van der Waals surface area contributed by atoms with E-state index in [0.717, 1.165) is 0 Å². The molecule has 0 spiro atoms. The summed E-state index contributed by atoms with van der Waals surface area (Å²) in [5.41, 5.74) is 1.93. The zero-order valence-electron chi connectivity index (χ0n) is 10.2. The second-order valence-electron chi connectivity index (χ2n) is 3.76. The number of para-hydroxylation sites is 1. The number of rotatable bonds is 3. The van der Waals surface area contributed by atoms with Crippen LogP contribution in [0.5, 0.6) is 5.75 Å². The molecule has 1 aromatic heterocycles. The molecule has 0 saturated heterocycles. The molecule has 94 valence electrons. The lowest BCUT2D eigenvalue weighted by Crippen LogP contribution is -2.00. The highest BCUT2D eigenvalue weighted by Gasteiger charge is 2.22. The largest absolute Gasteiger partial charge is 0.490 e. The Balaban J connectivity index is 2.72. The lowest BCUT2D eigenvalue weighted by Gasteiger charge is -2.09. The van der Waals surface area contributed by atoms with Gasteiger partial charge in [0.2, 0.25) is 5.75 Å². The molecular weight excluding hydrogens is 236 g/mol. The van der Waals surface area contributed by atoms with E-state index in [1.165, 1.54) is 13.2 Å². The van der Waals surface area contributed by atoms with E-state index in [1.807, 2.05) is 0 Å². The van der Waals surface area contributed by atoms with Crippen LogP contribution in [0.4, 0.5) is 5.69 Å². The molecule has 7 nitrogen and oxygen atoms in total. The van der Waals surface area contributed by atoms with Crippen LogP contribution in [0.1, 0.15) is 5.69 Å². The number of aryl methyl sites for hydroxylation is 2. The molecule has 1 heterocycles. The van der Waals surface area contributed by atoms with Gasteiger partial charge >= 0.3 is 5.69 Å². The van der Waals surface area contributed by atoms with Crippen LogP contribution in [-0.2, 0) is 7.05 Å². The van der Waals surface area contributed by atoms with Crippen LogP contribution in [0.15, 0.2) is 18.2 Å². The summed E-state index contributed by atoms with van der Waals surface area (Å²) in [7, 11) is 3.14. The quantitative estimate of drug-likeness (QED) is 0.609. The lowest BCUT2D eigenvalue weighted by atomic mass is 10.1. The Kier molecular flexibility index (Phi) is 2.97. The van der Waals surface area contributed by atoms with Gasteiger partial charge in [-0.1, -0.05) is 11.3 Å². The number of methoxy groups -OCH3 is 1. The Bertz CT molecular complexity index is 587. The van der Waals surface area contributed by atoms with Gasteiger partial charge in [-0.25, -0.2) is 4.68 Å². The lowest BCUT2D eigenvalue weighted by molar-refractivity contribution is -0.385. The Morgan fingerprint density at radius 3 is 2.67 bits per heavy atom. The number of hydrogen-bond donors (Lipinski definition) is 0. The molecule has 0 saturated carbocycles. The molecule has 0 atom stereocenters. The normalized spacial score (nSPS) is 10.4. The fraction of sp³-hybridized carbons (Fsp3) is 0.273. The molecule has 0 radical (unpaired) electrons. The van der Waals surface area contributed by atoms with Crippen LogP contribution in [-0.4, -0.2) is 27.0 Å².